The molecule has 130 valence electrons. The molecule has 0 bridgehead atoms. The molecule has 5 nitrogen and oxygen atoms in total. The van der Waals surface area contributed by atoms with Gasteiger partial charge in [-0.1, -0.05) is 32.1 Å². The summed E-state index contributed by atoms with van der Waals surface area (Å²) in [6, 6.07) is -0.362. The number of aromatic nitrogens is 1. The van der Waals surface area contributed by atoms with E-state index in [2.05, 4.69) is 10.3 Å². The molecule has 23 heavy (non-hydrogen) atoms. The monoisotopic (exact) mass is 340 g/mol. The minimum atomic E-state index is -0.788. The van der Waals surface area contributed by atoms with Crippen LogP contribution in [-0.4, -0.2) is 27.8 Å². The first-order valence-electron chi connectivity index (χ1n) is 8.42. The Morgan fingerprint density at radius 2 is 2.13 bits per heavy atom. The van der Waals surface area contributed by atoms with Crippen molar-refractivity contribution in [3.05, 3.63) is 16.6 Å². The average Bonchev–Trinajstić information content (AvgIpc) is 2.99. The van der Waals surface area contributed by atoms with Crippen LogP contribution in [-0.2, 0) is 4.74 Å². The predicted molar refractivity (Wildman–Crippen MR) is 91.4 cm³/mol. The van der Waals surface area contributed by atoms with Gasteiger partial charge in [-0.15, -0.1) is 11.3 Å². The normalized spacial score (nSPS) is 19.1. The molecule has 2 rings (SSSR count). The fourth-order valence-corrected chi connectivity index (χ4v) is 3.75. The number of rotatable bonds is 5. The van der Waals surface area contributed by atoms with Gasteiger partial charge >= 0.3 is 6.09 Å². The van der Waals surface area contributed by atoms with Crippen LogP contribution in [0, 0.1) is 5.92 Å². The Morgan fingerprint density at radius 3 is 2.70 bits per heavy atom. The maximum Gasteiger partial charge on any atom is 0.407 e. The predicted octanol–water partition coefficient (Wildman–Crippen LogP) is 4.04. The quantitative estimate of drug-likeness (QED) is 0.848. The second-order valence-corrected chi connectivity index (χ2v) is 8.23. The SMILES string of the molecule is CC(C)(C)OC(=O)N[C@@H](CC1CCCCC1)[C@@H](O)c1nccs1. The maximum absolute atomic E-state index is 12.1. The number of nitrogens with one attached hydrogen (secondary N) is 1. The van der Waals surface area contributed by atoms with Crippen molar-refractivity contribution < 1.29 is 14.6 Å². The molecule has 1 aliphatic carbocycles. The molecule has 6 heteroatoms. The minimum Gasteiger partial charge on any atom is -0.444 e. The Hall–Kier alpha value is -1.14. The summed E-state index contributed by atoms with van der Waals surface area (Å²) in [7, 11) is 0. The molecule has 2 atom stereocenters. The maximum atomic E-state index is 12.1. The lowest BCUT2D eigenvalue weighted by atomic mass is 9.84. The molecule has 1 fully saturated rings. The van der Waals surface area contributed by atoms with Crippen LogP contribution >= 0.6 is 11.3 Å². The van der Waals surface area contributed by atoms with Crippen LogP contribution < -0.4 is 5.32 Å². The Bertz CT molecular complexity index is 479. The molecule has 0 saturated heterocycles. The molecule has 0 spiro atoms. The van der Waals surface area contributed by atoms with E-state index < -0.39 is 17.8 Å². The van der Waals surface area contributed by atoms with Crippen LogP contribution in [0.5, 0.6) is 0 Å². The van der Waals surface area contributed by atoms with E-state index in [0.29, 0.717) is 10.9 Å². The van der Waals surface area contributed by atoms with Crippen molar-refractivity contribution in [1.29, 1.82) is 0 Å². The first-order valence-corrected chi connectivity index (χ1v) is 9.30. The topological polar surface area (TPSA) is 71.5 Å². The first-order chi connectivity index (χ1) is 10.8. The molecule has 1 aromatic rings. The third-order valence-corrected chi connectivity index (χ3v) is 4.95. The molecule has 1 aromatic heterocycles. The highest BCUT2D eigenvalue weighted by Crippen LogP contribution is 2.31. The van der Waals surface area contributed by atoms with Gasteiger partial charge in [0.05, 0.1) is 6.04 Å². The van der Waals surface area contributed by atoms with Crippen LogP contribution in [0.4, 0.5) is 4.79 Å². The number of amides is 1. The van der Waals surface area contributed by atoms with Crippen LogP contribution in [0.15, 0.2) is 11.6 Å². The largest absolute Gasteiger partial charge is 0.444 e. The van der Waals surface area contributed by atoms with E-state index >= 15 is 0 Å². The number of hydrogen-bond donors (Lipinski definition) is 2. The Balaban J connectivity index is 2.02. The summed E-state index contributed by atoms with van der Waals surface area (Å²) in [6.45, 7) is 5.50. The fourth-order valence-electron chi connectivity index (χ4n) is 3.06. The van der Waals surface area contributed by atoms with E-state index in [1.54, 1.807) is 6.20 Å². The van der Waals surface area contributed by atoms with E-state index in [1.165, 1.54) is 30.6 Å². The second-order valence-electron chi connectivity index (χ2n) is 7.31. The van der Waals surface area contributed by atoms with Gasteiger partial charge in [-0.3, -0.25) is 0 Å². The van der Waals surface area contributed by atoms with Crippen LogP contribution in [0.3, 0.4) is 0 Å². The zero-order valence-electron chi connectivity index (χ0n) is 14.2. The molecule has 2 N–H and O–H groups in total. The van der Waals surface area contributed by atoms with Gasteiger partial charge in [-0.2, -0.15) is 0 Å². The van der Waals surface area contributed by atoms with Crippen molar-refractivity contribution in [2.75, 3.05) is 0 Å². The summed E-state index contributed by atoms with van der Waals surface area (Å²) >= 11 is 1.41. The lowest BCUT2D eigenvalue weighted by Gasteiger charge is -2.30. The average molecular weight is 340 g/mol. The summed E-state index contributed by atoms with van der Waals surface area (Å²) in [5, 5.41) is 16.0. The van der Waals surface area contributed by atoms with Crippen molar-refractivity contribution in [1.82, 2.24) is 10.3 Å². The van der Waals surface area contributed by atoms with E-state index in [1.807, 2.05) is 26.2 Å². The van der Waals surface area contributed by atoms with Crippen molar-refractivity contribution >= 4 is 17.4 Å². The molecule has 1 aliphatic rings. The standard InChI is InChI=1S/C17H28N2O3S/c1-17(2,3)22-16(21)19-13(11-12-7-5-4-6-8-12)14(20)15-18-9-10-23-15/h9-10,12-14,20H,4-8,11H2,1-3H3,(H,19,21)/t13-,14+/m0/s1. The van der Waals surface area contributed by atoms with Gasteiger partial charge < -0.3 is 15.2 Å². The van der Waals surface area contributed by atoms with Crippen molar-refractivity contribution in [3.8, 4) is 0 Å². The van der Waals surface area contributed by atoms with Gasteiger partial charge in [-0.25, -0.2) is 9.78 Å². The number of alkyl carbamates (subject to hydrolysis) is 1. The summed E-state index contributed by atoms with van der Waals surface area (Å²) in [5.74, 6) is 0.540. The van der Waals surface area contributed by atoms with Crippen LogP contribution in [0.25, 0.3) is 0 Å². The van der Waals surface area contributed by atoms with Crippen molar-refractivity contribution in [3.63, 3.8) is 0 Å². The number of aliphatic hydroxyl groups is 1. The number of nitrogens with zero attached hydrogens (tertiary/aromatic N) is 1. The van der Waals surface area contributed by atoms with Crippen molar-refractivity contribution in [2.24, 2.45) is 5.92 Å². The molecular weight excluding hydrogens is 312 g/mol. The van der Waals surface area contributed by atoms with E-state index in [9.17, 15) is 9.90 Å². The third-order valence-electron chi connectivity index (χ3n) is 4.10. The smallest absolute Gasteiger partial charge is 0.407 e. The zero-order chi connectivity index (χ0) is 16.9. The van der Waals surface area contributed by atoms with Gasteiger partial charge in [0.15, 0.2) is 0 Å². The van der Waals surface area contributed by atoms with Crippen molar-refractivity contribution in [2.45, 2.75) is 77.0 Å². The first kappa shape index (κ1) is 18.2. The number of carbonyl (C=O) groups is 1. The number of ether oxygens (including phenoxy) is 1. The highest BCUT2D eigenvalue weighted by molar-refractivity contribution is 7.09. The molecule has 0 aromatic carbocycles. The Morgan fingerprint density at radius 1 is 1.43 bits per heavy atom. The van der Waals surface area contributed by atoms with E-state index in [4.69, 9.17) is 4.74 Å². The summed E-state index contributed by atoms with van der Waals surface area (Å²) < 4.78 is 5.35. The molecule has 1 saturated carbocycles. The second kappa shape index (κ2) is 8.11. The van der Waals surface area contributed by atoms with Gasteiger partial charge in [0.25, 0.3) is 0 Å². The molecule has 0 unspecified atom stereocenters. The Labute approximate surface area is 142 Å². The van der Waals surface area contributed by atoms with E-state index in [-0.39, 0.29) is 6.04 Å². The van der Waals surface area contributed by atoms with Gasteiger partial charge in [-0.05, 0) is 33.1 Å². The fraction of sp³-hybridized carbons (Fsp3) is 0.765. The molecule has 0 aliphatic heterocycles. The number of aliphatic hydroxyl groups excluding tert-OH is 1. The van der Waals surface area contributed by atoms with Crippen LogP contribution in [0.2, 0.25) is 0 Å². The Kier molecular flexibility index (Phi) is 6.41. The molecule has 1 amide bonds. The summed E-state index contributed by atoms with van der Waals surface area (Å²) in [6.07, 6.45) is 7.25. The molecule has 0 radical (unpaired) electrons. The van der Waals surface area contributed by atoms with Gasteiger partial charge in [0.2, 0.25) is 0 Å². The number of thiazole rings is 1. The molecule has 1 heterocycles. The third kappa shape index (κ3) is 6.11. The lowest BCUT2D eigenvalue weighted by molar-refractivity contribution is 0.0390. The minimum absolute atomic E-state index is 0.362. The number of hydrogen-bond acceptors (Lipinski definition) is 5. The number of carbonyl (C=O) groups excluding carboxylic acids is 1. The van der Waals surface area contributed by atoms with E-state index in [0.717, 1.165) is 19.3 Å². The lowest BCUT2D eigenvalue weighted by Crippen LogP contribution is -2.43. The summed E-state index contributed by atoms with van der Waals surface area (Å²) in [4.78, 5) is 16.3. The highest BCUT2D eigenvalue weighted by Gasteiger charge is 2.30. The summed E-state index contributed by atoms with van der Waals surface area (Å²) in [5.41, 5.74) is -0.550. The highest BCUT2D eigenvalue weighted by atomic mass is 32.1. The zero-order valence-corrected chi connectivity index (χ0v) is 15.1. The van der Waals surface area contributed by atoms with Gasteiger partial charge in [0, 0.05) is 11.6 Å². The van der Waals surface area contributed by atoms with Gasteiger partial charge in [0.1, 0.15) is 16.7 Å². The van der Waals surface area contributed by atoms with Crippen LogP contribution in [0.1, 0.15) is 70.4 Å². The molecular formula is C17H28N2O3S.